The van der Waals surface area contributed by atoms with Crippen LogP contribution in [-0.2, 0) is 6.42 Å². The number of aromatic nitrogens is 3. The van der Waals surface area contributed by atoms with Crippen molar-refractivity contribution in [1.29, 1.82) is 0 Å². The molecule has 58 heavy (non-hydrogen) atoms. The topological polar surface area (TPSA) is 51.8 Å². The van der Waals surface area contributed by atoms with Gasteiger partial charge >= 0.3 is 0 Å². The average molecular weight is 742 g/mol. The Morgan fingerprint density at radius 1 is 0.345 bits per heavy atom. The highest BCUT2D eigenvalue weighted by Crippen LogP contribution is 2.46. The van der Waals surface area contributed by atoms with E-state index in [-0.39, 0.29) is 0 Å². The van der Waals surface area contributed by atoms with E-state index in [4.69, 9.17) is 19.4 Å². The van der Waals surface area contributed by atoms with Crippen LogP contribution < -0.4 is 0 Å². The van der Waals surface area contributed by atoms with E-state index in [0.717, 1.165) is 56.2 Å². The van der Waals surface area contributed by atoms with Gasteiger partial charge in [-0.15, -0.1) is 0 Å². The zero-order chi connectivity index (χ0) is 38.4. The molecule has 1 aliphatic carbocycles. The van der Waals surface area contributed by atoms with Crippen molar-refractivity contribution in [3.8, 4) is 67.5 Å². The fraction of sp³-hybridized carbons (Fsp3) is 0.0185. The van der Waals surface area contributed by atoms with Gasteiger partial charge in [-0.3, -0.25) is 0 Å². The van der Waals surface area contributed by atoms with Gasteiger partial charge in [0.1, 0.15) is 11.2 Å². The Hall–Kier alpha value is -7.69. The molecule has 0 spiro atoms. The molecule has 0 aliphatic heterocycles. The van der Waals surface area contributed by atoms with Crippen LogP contribution in [0.2, 0.25) is 0 Å². The molecule has 1 aliphatic rings. The molecule has 0 amide bonds. The van der Waals surface area contributed by atoms with Gasteiger partial charge in [0.2, 0.25) is 0 Å². The first kappa shape index (κ1) is 33.6. The minimum atomic E-state index is 0.594. The smallest absolute Gasteiger partial charge is 0.164 e. The summed E-state index contributed by atoms with van der Waals surface area (Å²) in [6, 6.07) is 67.9. The Labute approximate surface area is 336 Å². The number of hydrogen-bond donors (Lipinski definition) is 0. The molecule has 2 heterocycles. The summed E-state index contributed by atoms with van der Waals surface area (Å²) in [4.78, 5) is 15.0. The van der Waals surface area contributed by atoms with Crippen LogP contribution in [0.4, 0.5) is 0 Å². The van der Waals surface area contributed by atoms with E-state index in [0.29, 0.717) is 17.5 Å². The van der Waals surface area contributed by atoms with Crippen LogP contribution in [0.5, 0.6) is 0 Å². The molecule has 0 N–H and O–H groups in total. The van der Waals surface area contributed by atoms with E-state index < -0.39 is 0 Å². The van der Waals surface area contributed by atoms with Crippen LogP contribution in [0.25, 0.3) is 95.1 Å². The molecule has 2 aromatic heterocycles. The second kappa shape index (κ2) is 14.1. The van der Waals surface area contributed by atoms with Crippen molar-refractivity contribution in [2.24, 2.45) is 0 Å². The van der Waals surface area contributed by atoms with Crippen LogP contribution in [0, 0.1) is 0 Å². The largest absolute Gasteiger partial charge is 0.456 e. The predicted octanol–water partition coefficient (Wildman–Crippen LogP) is 13.8. The Balaban J connectivity index is 0.939. The second-order valence-electron chi connectivity index (χ2n) is 14.8. The van der Waals surface area contributed by atoms with E-state index >= 15 is 0 Å². The van der Waals surface area contributed by atoms with Crippen LogP contribution in [-0.4, -0.2) is 15.0 Å². The molecule has 0 saturated heterocycles. The molecule has 8 aromatic carbocycles. The van der Waals surface area contributed by atoms with Crippen molar-refractivity contribution < 1.29 is 4.42 Å². The minimum Gasteiger partial charge on any atom is -0.456 e. The maximum Gasteiger partial charge on any atom is 0.164 e. The summed E-state index contributed by atoms with van der Waals surface area (Å²) >= 11 is 0. The van der Waals surface area contributed by atoms with E-state index in [1.165, 1.54) is 44.5 Å². The number of hydrogen-bond acceptors (Lipinski definition) is 4. The van der Waals surface area contributed by atoms with Gasteiger partial charge in [-0.2, -0.15) is 0 Å². The number of rotatable bonds is 7. The van der Waals surface area contributed by atoms with Gasteiger partial charge in [-0.25, -0.2) is 15.0 Å². The van der Waals surface area contributed by atoms with E-state index in [1.807, 2.05) is 36.4 Å². The normalized spacial score (nSPS) is 12.6. The molecule has 10 aromatic rings. The van der Waals surface area contributed by atoms with Gasteiger partial charge in [0, 0.05) is 27.5 Å². The van der Waals surface area contributed by atoms with Crippen molar-refractivity contribution in [1.82, 2.24) is 15.0 Å². The molecule has 11 rings (SSSR count). The maximum atomic E-state index is 6.60. The lowest BCUT2D eigenvalue weighted by molar-refractivity contribution is 0.668. The third-order valence-corrected chi connectivity index (χ3v) is 11.2. The van der Waals surface area contributed by atoms with Crippen molar-refractivity contribution in [2.75, 3.05) is 0 Å². The number of nitrogens with zero attached hydrogens (tertiary/aromatic N) is 3. The fourth-order valence-corrected chi connectivity index (χ4v) is 8.26. The van der Waals surface area contributed by atoms with Crippen LogP contribution >= 0.6 is 0 Å². The van der Waals surface area contributed by atoms with Gasteiger partial charge < -0.3 is 4.42 Å². The molecule has 4 nitrogen and oxygen atoms in total. The summed E-state index contributed by atoms with van der Waals surface area (Å²) < 4.78 is 6.60. The molecule has 0 unspecified atom stereocenters. The van der Waals surface area contributed by atoms with Gasteiger partial charge in [0.05, 0.1) is 0 Å². The summed E-state index contributed by atoms with van der Waals surface area (Å²) in [7, 11) is 0. The maximum absolute atomic E-state index is 6.60. The lowest BCUT2D eigenvalue weighted by atomic mass is 9.97. The molecule has 4 heteroatoms. The number of benzene rings is 8. The van der Waals surface area contributed by atoms with Crippen molar-refractivity contribution in [3.63, 3.8) is 0 Å². The summed E-state index contributed by atoms with van der Waals surface area (Å²) in [6.07, 6.45) is 3.15. The highest BCUT2D eigenvalue weighted by molar-refractivity contribution is 6.06. The third kappa shape index (κ3) is 6.08. The van der Waals surface area contributed by atoms with Crippen LogP contribution in [0.1, 0.15) is 16.7 Å². The third-order valence-electron chi connectivity index (χ3n) is 11.2. The lowest BCUT2D eigenvalue weighted by Gasteiger charge is -2.09. The summed E-state index contributed by atoms with van der Waals surface area (Å²) in [5.74, 6) is 1.84. The van der Waals surface area contributed by atoms with Crippen molar-refractivity contribution in [2.45, 2.75) is 6.42 Å². The summed E-state index contributed by atoms with van der Waals surface area (Å²) in [5.41, 5.74) is 16.7. The van der Waals surface area contributed by atoms with E-state index in [2.05, 4.69) is 164 Å². The SMILES string of the molecule is C(/Cc1ccc2c(c1)oc1cc(-c3nc(-c4ccccc4)nc(-c4cccc(-c5ccccc5)c4)n3)ccc12)=C1/c2ccccc2-c2cc(-c3ccccc3)ccc21. The molecule has 272 valence electrons. The van der Waals surface area contributed by atoms with E-state index in [1.54, 1.807) is 0 Å². The Bertz CT molecular complexity index is 3180. The zero-order valence-electron chi connectivity index (χ0n) is 31.5. The molecule has 0 fully saturated rings. The first-order valence-corrected chi connectivity index (χ1v) is 19.6. The molecular formula is C54H35N3O. The van der Waals surface area contributed by atoms with Gasteiger partial charge in [-0.05, 0) is 92.4 Å². The Kier molecular flexibility index (Phi) is 8.18. The van der Waals surface area contributed by atoms with Gasteiger partial charge in [-0.1, -0.05) is 170 Å². The molecule has 0 atom stereocenters. The second-order valence-corrected chi connectivity index (χ2v) is 14.8. The molecular weight excluding hydrogens is 707 g/mol. The average Bonchev–Trinajstić information content (AvgIpc) is 3.83. The Morgan fingerprint density at radius 3 is 1.55 bits per heavy atom. The summed E-state index contributed by atoms with van der Waals surface area (Å²) in [5, 5.41) is 2.15. The highest BCUT2D eigenvalue weighted by atomic mass is 16.3. The predicted molar refractivity (Wildman–Crippen MR) is 237 cm³/mol. The first-order chi connectivity index (χ1) is 28.7. The molecule has 0 bridgehead atoms. The zero-order valence-corrected chi connectivity index (χ0v) is 31.5. The fourth-order valence-electron chi connectivity index (χ4n) is 8.26. The highest BCUT2D eigenvalue weighted by Gasteiger charge is 2.23. The summed E-state index contributed by atoms with van der Waals surface area (Å²) in [6.45, 7) is 0. The van der Waals surface area contributed by atoms with Crippen LogP contribution in [0.15, 0.2) is 205 Å². The van der Waals surface area contributed by atoms with Gasteiger partial charge in [0.15, 0.2) is 17.5 Å². The van der Waals surface area contributed by atoms with E-state index in [9.17, 15) is 0 Å². The molecule has 0 radical (unpaired) electrons. The Morgan fingerprint density at radius 2 is 0.845 bits per heavy atom. The van der Waals surface area contributed by atoms with Crippen molar-refractivity contribution >= 4 is 27.5 Å². The number of allylic oxidation sites excluding steroid dienone is 1. The van der Waals surface area contributed by atoms with Crippen molar-refractivity contribution in [3.05, 3.63) is 217 Å². The number of fused-ring (bicyclic) bond motifs is 6. The first-order valence-electron chi connectivity index (χ1n) is 19.6. The number of furan rings is 1. The lowest BCUT2D eigenvalue weighted by Crippen LogP contribution is -2.00. The standard InChI is InChI=1S/C54H35N3O/c1-4-13-36(14-5-1)39-19-12-20-41(32-39)53-55-52(38-17-8-3-9-18-38)56-54(57-53)42-26-30-48-47-28-24-35(31-50(47)58-51(48)34-42)23-27-45-43-21-10-11-22-44(43)49-33-40(25-29-46(45)49)37-15-6-2-7-16-37/h1-22,24-34H,23H2/b45-27+. The minimum absolute atomic E-state index is 0.594. The van der Waals surface area contributed by atoms with Gasteiger partial charge in [0.25, 0.3) is 0 Å². The quantitative estimate of drug-likeness (QED) is 0.163. The van der Waals surface area contributed by atoms with Crippen LogP contribution in [0.3, 0.4) is 0 Å². The monoisotopic (exact) mass is 741 g/mol. The molecule has 0 saturated carbocycles.